The van der Waals surface area contributed by atoms with Crippen LogP contribution in [0.25, 0.3) is 16.4 Å². The Morgan fingerprint density at radius 3 is 2.42 bits per heavy atom. The summed E-state index contributed by atoms with van der Waals surface area (Å²) in [5.74, 6) is -2.75. The summed E-state index contributed by atoms with van der Waals surface area (Å²) in [7, 11) is 0. The van der Waals surface area contributed by atoms with E-state index in [-0.39, 0.29) is 5.56 Å². The third-order valence-electron chi connectivity index (χ3n) is 5.12. The van der Waals surface area contributed by atoms with Crippen molar-refractivity contribution < 1.29 is 4.79 Å². The van der Waals surface area contributed by atoms with Gasteiger partial charge in [-0.15, -0.1) is 11.3 Å². The Bertz CT molecular complexity index is 1320. The van der Waals surface area contributed by atoms with Gasteiger partial charge >= 0.3 is 0 Å². The summed E-state index contributed by atoms with van der Waals surface area (Å²) < 4.78 is 1.35. The fourth-order valence-electron chi connectivity index (χ4n) is 3.66. The minimum absolute atomic E-state index is 0.327. The molecule has 4 rings (SSSR count). The lowest BCUT2D eigenvalue weighted by Crippen LogP contribution is -2.31. The molecule has 7 nitrogen and oxygen atoms in total. The highest BCUT2D eigenvalue weighted by atomic mass is 32.1. The highest BCUT2D eigenvalue weighted by molar-refractivity contribution is 7.12. The summed E-state index contributed by atoms with van der Waals surface area (Å²) in [6, 6.07) is 20.6. The Morgan fingerprint density at radius 2 is 1.81 bits per heavy atom. The van der Waals surface area contributed by atoms with Gasteiger partial charge in [-0.05, 0) is 12.5 Å². The van der Waals surface area contributed by atoms with Crippen LogP contribution in [0.15, 0.2) is 70.8 Å². The smallest absolute Gasteiger partial charge is 0.277 e. The monoisotopic (exact) mass is 429 g/mol. The van der Waals surface area contributed by atoms with Gasteiger partial charge in [-0.1, -0.05) is 60.7 Å². The van der Waals surface area contributed by atoms with Gasteiger partial charge in [0.15, 0.2) is 0 Å². The zero-order valence-corrected chi connectivity index (χ0v) is 17.5. The summed E-state index contributed by atoms with van der Waals surface area (Å²) in [6.45, 7) is 1.74. The molecule has 0 radical (unpaired) electrons. The van der Waals surface area contributed by atoms with Crippen LogP contribution in [-0.4, -0.2) is 20.7 Å². The average Bonchev–Trinajstić information content (AvgIpc) is 3.38. The van der Waals surface area contributed by atoms with E-state index in [1.165, 1.54) is 16.0 Å². The van der Waals surface area contributed by atoms with Crippen molar-refractivity contribution in [1.82, 2.24) is 14.8 Å². The Labute approximate surface area is 182 Å². The van der Waals surface area contributed by atoms with Crippen LogP contribution in [0.1, 0.15) is 22.7 Å². The fraction of sp³-hybridized carbons (Fsp3) is 0.130. The predicted molar refractivity (Wildman–Crippen MR) is 119 cm³/mol. The average molecular weight is 430 g/mol. The van der Waals surface area contributed by atoms with Gasteiger partial charge in [0.2, 0.25) is 11.0 Å². The van der Waals surface area contributed by atoms with Crippen molar-refractivity contribution in [3.63, 3.8) is 0 Å². The zero-order chi connectivity index (χ0) is 22.0. The number of nitrogens with one attached hydrogen (secondary N) is 1. The van der Waals surface area contributed by atoms with E-state index in [1.54, 1.807) is 31.2 Å². The zero-order valence-electron chi connectivity index (χ0n) is 16.6. The van der Waals surface area contributed by atoms with Crippen LogP contribution in [0.2, 0.25) is 0 Å². The topological polar surface area (TPSA) is 118 Å². The molecular weight excluding hydrogens is 410 g/mol. The van der Waals surface area contributed by atoms with E-state index in [0.29, 0.717) is 22.0 Å². The molecule has 0 unspecified atom stereocenters. The number of aromatic nitrogens is 3. The number of hydrogen-bond donors (Lipinski definition) is 2. The number of carbonyl (C=O) groups is 1. The van der Waals surface area contributed by atoms with Crippen LogP contribution in [0.3, 0.4) is 0 Å². The minimum atomic E-state index is -1.19. The van der Waals surface area contributed by atoms with Crippen LogP contribution in [0.4, 0.5) is 0 Å². The first-order valence-electron chi connectivity index (χ1n) is 9.58. The summed E-state index contributed by atoms with van der Waals surface area (Å²) in [5, 5.41) is 15.0. The Hall–Kier alpha value is -3.96. The highest BCUT2D eigenvalue weighted by Crippen LogP contribution is 2.32. The Kier molecular flexibility index (Phi) is 5.52. The van der Waals surface area contributed by atoms with E-state index < -0.39 is 17.7 Å². The first-order chi connectivity index (χ1) is 15.0. The first-order valence-corrected chi connectivity index (χ1v) is 10.5. The van der Waals surface area contributed by atoms with Gasteiger partial charge in [-0.2, -0.15) is 9.94 Å². The molecule has 2 heterocycles. The molecule has 2 aromatic heterocycles. The SMILES string of the molecule is Cc1[nH]n(-c2nc(-c3ccccc3)cs2)c(=O)c1[C@H](c1ccccc1)[C@H](C#N)C(N)=O. The summed E-state index contributed by atoms with van der Waals surface area (Å²) in [4.78, 5) is 30.1. The maximum absolute atomic E-state index is 13.4. The minimum Gasteiger partial charge on any atom is -0.369 e. The second-order valence-electron chi connectivity index (χ2n) is 7.07. The van der Waals surface area contributed by atoms with Gasteiger partial charge in [-0.3, -0.25) is 14.7 Å². The number of primary amides is 1. The van der Waals surface area contributed by atoms with E-state index in [9.17, 15) is 14.9 Å². The third kappa shape index (κ3) is 3.79. The number of aryl methyl sites for hydroxylation is 1. The number of H-pyrrole nitrogens is 1. The second kappa shape index (κ2) is 8.42. The maximum Gasteiger partial charge on any atom is 0.277 e. The van der Waals surface area contributed by atoms with Crippen molar-refractivity contribution in [2.75, 3.05) is 0 Å². The van der Waals surface area contributed by atoms with E-state index in [2.05, 4.69) is 10.1 Å². The van der Waals surface area contributed by atoms with Crippen LogP contribution in [0, 0.1) is 24.2 Å². The fourth-order valence-corrected chi connectivity index (χ4v) is 4.45. The standard InChI is InChI=1S/C23H19N5O2S/c1-14-19(20(17(12-24)21(25)29)16-10-6-3-7-11-16)22(30)28(27-14)23-26-18(13-31-23)15-8-4-2-5-9-15/h2-11,13,17,20,27H,1H3,(H2,25,29)/t17-,20+/m0/s1. The molecule has 31 heavy (non-hydrogen) atoms. The molecule has 0 aliphatic rings. The quantitative estimate of drug-likeness (QED) is 0.489. The Morgan fingerprint density at radius 1 is 1.16 bits per heavy atom. The van der Waals surface area contributed by atoms with Crippen molar-refractivity contribution >= 4 is 17.2 Å². The third-order valence-corrected chi connectivity index (χ3v) is 5.94. The highest BCUT2D eigenvalue weighted by Gasteiger charge is 2.34. The van der Waals surface area contributed by atoms with Crippen molar-refractivity contribution in [1.29, 1.82) is 5.26 Å². The van der Waals surface area contributed by atoms with Gasteiger partial charge in [0.05, 0.1) is 11.8 Å². The molecule has 0 saturated heterocycles. The molecule has 0 bridgehead atoms. The molecular formula is C23H19N5O2S. The summed E-state index contributed by atoms with van der Waals surface area (Å²) in [6.07, 6.45) is 0. The summed E-state index contributed by atoms with van der Waals surface area (Å²) in [5.41, 5.74) is 8.41. The second-order valence-corrected chi connectivity index (χ2v) is 7.91. The van der Waals surface area contributed by atoms with E-state index in [4.69, 9.17) is 5.73 Å². The van der Waals surface area contributed by atoms with Crippen LogP contribution < -0.4 is 11.3 Å². The number of rotatable bonds is 6. The number of amides is 1. The van der Waals surface area contributed by atoms with Gasteiger partial charge in [0.25, 0.3) is 5.56 Å². The lowest BCUT2D eigenvalue weighted by Gasteiger charge is -2.19. The number of hydrogen-bond acceptors (Lipinski definition) is 5. The number of thiazole rings is 1. The number of benzene rings is 2. The maximum atomic E-state index is 13.4. The lowest BCUT2D eigenvalue weighted by atomic mass is 9.81. The normalized spacial score (nSPS) is 12.8. The number of nitrogens with zero attached hydrogens (tertiary/aromatic N) is 3. The van der Waals surface area contributed by atoms with Gasteiger partial charge < -0.3 is 5.73 Å². The lowest BCUT2D eigenvalue weighted by molar-refractivity contribution is -0.120. The van der Waals surface area contributed by atoms with Crippen molar-refractivity contribution in [2.45, 2.75) is 12.8 Å². The van der Waals surface area contributed by atoms with Gasteiger partial charge in [0, 0.05) is 28.1 Å². The van der Waals surface area contributed by atoms with Crippen molar-refractivity contribution in [2.24, 2.45) is 11.7 Å². The van der Waals surface area contributed by atoms with Crippen molar-refractivity contribution in [3.8, 4) is 22.5 Å². The number of aromatic amines is 1. The molecule has 0 fully saturated rings. The van der Waals surface area contributed by atoms with Gasteiger partial charge in [0.1, 0.15) is 5.92 Å². The van der Waals surface area contributed by atoms with Crippen molar-refractivity contribution in [3.05, 3.63) is 93.2 Å². The first kappa shape index (κ1) is 20.3. The number of carbonyl (C=O) groups excluding carboxylic acids is 1. The number of nitriles is 1. The number of nitrogens with two attached hydrogens (primary N) is 1. The largest absolute Gasteiger partial charge is 0.369 e. The van der Waals surface area contributed by atoms with Gasteiger partial charge in [-0.25, -0.2) is 4.98 Å². The molecule has 2 atom stereocenters. The molecule has 8 heteroatoms. The molecule has 0 spiro atoms. The van der Waals surface area contributed by atoms with Crippen LogP contribution in [0.5, 0.6) is 0 Å². The van der Waals surface area contributed by atoms with E-state index in [1.807, 2.05) is 47.8 Å². The predicted octanol–water partition coefficient (Wildman–Crippen LogP) is 3.35. The molecule has 0 aliphatic carbocycles. The molecule has 1 amide bonds. The molecule has 0 aliphatic heterocycles. The molecule has 3 N–H and O–H groups in total. The molecule has 154 valence electrons. The molecule has 4 aromatic rings. The van der Waals surface area contributed by atoms with E-state index >= 15 is 0 Å². The Balaban J connectivity index is 1.83. The van der Waals surface area contributed by atoms with Crippen LogP contribution >= 0.6 is 11.3 Å². The van der Waals surface area contributed by atoms with Crippen LogP contribution in [-0.2, 0) is 4.79 Å². The molecule has 0 saturated carbocycles. The summed E-state index contributed by atoms with van der Waals surface area (Å²) >= 11 is 1.33. The van der Waals surface area contributed by atoms with E-state index in [0.717, 1.165) is 11.3 Å². The molecule has 2 aromatic carbocycles.